The highest BCUT2D eigenvalue weighted by atomic mass is 32.2. The number of carbonyl (C=O) groups is 1. The molecule has 0 saturated heterocycles. The fraction of sp³-hybridized carbons (Fsp3) is 0.125. The van der Waals surface area contributed by atoms with Crippen molar-refractivity contribution < 1.29 is 22.9 Å². The van der Waals surface area contributed by atoms with E-state index in [1.165, 1.54) is 25.2 Å². The zero-order valence-corrected chi connectivity index (χ0v) is 8.56. The average Bonchev–Trinajstić information content (AvgIpc) is 2.16. The highest BCUT2D eigenvalue weighted by Gasteiger charge is 2.13. The number of hydroxylamine groups is 1. The number of carboxylic acids is 1. The van der Waals surface area contributed by atoms with Crippen LogP contribution < -0.4 is 5.06 Å². The molecular formula is C8H8NO5S-. The van der Waals surface area contributed by atoms with E-state index in [9.17, 15) is 13.6 Å². The van der Waals surface area contributed by atoms with Crippen molar-refractivity contribution >= 4 is 23.0 Å². The van der Waals surface area contributed by atoms with Gasteiger partial charge < -0.3 is 9.66 Å². The Morgan fingerprint density at radius 2 is 2.13 bits per heavy atom. The molecule has 0 radical (unpaired) electrons. The van der Waals surface area contributed by atoms with Crippen molar-refractivity contribution in [2.75, 3.05) is 12.1 Å². The summed E-state index contributed by atoms with van der Waals surface area (Å²) in [4.78, 5) is 10.8. The minimum Gasteiger partial charge on any atom is -0.748 e. The van der Waals surface area contributed by atoms with Crippen molar-refractivity contribution in [1.82, 2.24) is 0 Å². The summed E-state index contributed by atoms with van der Waals surface area (Å²) < 4.78 is 24.8. The summed E-state index contributed by atoms with van der Waals surface area (Å²) in [6, 6.07) is 5.91. The van der Waals surface area contributed by atoms with Gasteiger partial charge >= 0.3 is 5.97 Å². The summed E-state index contributed by atoms with van der Waals surface area (Å²) in [5, 5.41) is 9.68. The molecule has 0 amide bonds. The summed E-state index contributed by atoms with van der Waals surface area (Å²) in [6.45, 7) is 0. The Hall–Kier alpha value is -1.44. The van der Waals surface area contributed by atoms with Crippen LogP contribution in [0.4, 0.5) is 5.69 Å². The minimum absolute atomic E-state index is 0.0366. The van der Waals surface area contributed by atoms with Gasteiger partial charge in [-0.3, -0.25) is 0 Å². The van der Waals surface area contributed by atoms with Crippen LogP contribution in [-0.2, 0) is 15.6 Å². The molecule has 0 saturated carbocycles. The first kappa shape index (κ1) is 11.6. The Balaban J connectivity index is 3.02. The predicted molar refractivity (Wildman–Crippen MR) is 51.8 cm³/mol. The molecule has 1 atom stereocenters. The van der Waals surface area contributed by atoms with Crippen molar-refractivity contribution in [1.29, 1.82) is 0 Å². The molecule has 1 unspecified atom stereocenters. The van der Waals surface area contributed by atoms with Crippen LogP contribution in [0.5, 0.6) is 0 Å². The number of benzene rings is 1. The predicted octanol–water partition coefficient (Wildman–Crippen LogP) is 0.547. The minimum atomic E-state index is -2.73. The number of nitrogens with zero attached hydrogens (tertiary/aromatic N) is 1. The lowest BCUT2D eigenvalue weighted by Crippen LogP contribution is -2.21. The van der Waals surface area contributed by atoms with Gasteiger partial charge in [0.15, 0.2) is 0 Å². The van der Waals surface area contributed by atoms with E-state index in [0.717, 1.165) is 5.06 Å². The van der Waals surface area contributed by atoms with E-state index in [2.05, 4.69) is 4.28 Å². The molecule has 0 heterocycles. The lowest BCUT2D eigenvalue weighted by Gasteiger charge is -2.20. The first-order chi connectivity index (χ1) is 7.02. The summed E-state index contributed by atoms with van der Waals surface area (Å²) in [7, 11) is 1.30. The maximum absolute atomic E-state index is 10.8. The molecule has 0 bridgehead atoms. The number of hydrogen-bond donors (Lipinski definition) is 1. The normalized spacial score (nSPS) is 12.1. The first-order valence-corrected chi connectivity index (χ1v) is 4.86. The quantitative estimate of drug-likeness (QED) is 0.600. The lowest BCUT2D eigenvalue weighted by molar-refractivity contribution is 0.0696. The first-order valence-electron chi connectivity index (χ1n) is 3.86. The van der Waals surface area contributed by atoms with Gasteiger partial charge in [0.25, 0.3) is 0 Å². The van der Waals surface area contributed by atoms with Crippen LogP contribution in [0.15, 0.2) is 24.3 Å². The fourth-order valence-corrected chi connectivity index (χ4v) is 1.32. The third kappa shape index (κ3) is 3.01. The molecule has 0 fully saturated rings. The SMILES string of the molecule is CN(OS(=O)[O-])c1ccccc1C(=O)O. The van der Waals surface area contributed by atoms with Crippen molar-refractivity contribution in [3.05, 3.63) is 29.8 Å². The topological polar surface area (TPSA) is 89.9 Å². The van der Waals surface area contributed by atoms with Gasteiger partial charge in [0.2, 0.25) is 0 Å². The van der Waals surface area contributed by atoms with Crippen molar-refractivity contribution in [2.45, 2.75) is 0 Å². The molecular weight excluding hydrogens is 222 g/mol. The van der Waals surface area contributed by atoms with Crippen molar-refractivity contribution in [3.8, 4) is 0 Å². The Kier molecular flexibility index (Phi) is 3.78. The zero-order chi connectivity index (χ0) is 11.4. The van der Waals surface area contributed by atoms with Gasteiger partial charge in [0.1, 0.15) is 11.4 Å². The molecule has 0 spiro atoms. The molecule has 0 aliphatic rings. The summed E-state index contributed by atoms with van der Waals surface area (Å²) in [5.74, 6) is -1.15. The molecule has 1 aromatic carbocycles. The van der Waals surface area contributed by atoms with E-state index in [0.29, 0.717) is 0 Å². The second-order valence-corrected chi connectivity index (χ2v) is 3.16. The second kappa shape index (κ2) is 4.87. The molecule has 1 aromatic rings. The summed E-state index contributed by atoms with van der Waals surface area (Å²) in [5.41, 5.74) is 0.125. The van der Waals surface area contributed by atoms with E-state index in [1.54, 1.807) is 6.07 Å². The molecule has 15 heavy (non-hydrogen) atoms. The summed E-state index contributed by atoms with van der Waals surface area (Å²) in [6.07, 6.45) is 0. The number of anilines is 1. The van der Waals surface area contributed by atoms with Crippen LogP contribution in [0.25, 0.3) is 0 Å². The maximum Gasteiger partial charge on any atom is 0.337 e. The average molecular weight is 230 g/mol. The van der Waals surface area contributed by atoms with E-state index in [-0.39, 0.29) is 11.3 Å². The smallest absolute Gasteiger partial charge is 0.337 e. The molecule has 7 heteroatoms. The molecule has 0 aliphatic heterocycles. The van der Waals surface area contributed by atoms with E-state index < -0.39 is 17.3 Å². The molecule has 6 nitrogen and oxygen atoms in total. The van der Waals surface area contributed by atoms with Crippen LogP contribution in [-0.4, -0.2) is 26.9 Å². The number of aromatic carboxylic acids is 1. The number of rotatable bonds is 4. The lowest BCUT2D eigenvalue weighted by atomic mass is 10.2. The Bertz CT molecular complexity index is 394. The molecule has 1 N–H and O–H groups in total. The molecule has 0 aromatic heterocycles. The van der Waals surface area contributed by atoms with Gasteiger partial charge in [0.05, 0.1) is 11.3 Å². The highest BCUT2D eigenvalue weighted by Crippen LogP contribution is 2.19. The van der Waals surface area contributed by atoms with Gasteiger partial charge in [-0.1, -0.05) is 12.1 Å². The second-order valence-electron chi connectivity index (χ2n) is 2.60. The van der Waals surface area contributed by atoms with E-state index in [4.69, 9.17) is 5.11 Å². The Morgan fingerprint density at radius 1 is 1.53 bits per heavy atom. The van der Waals surface area contributed by atoms with Gasteiger partial charge in [-0.05, 0) is 12.1 Å². The molecule has 1 rings (SSSR count). The standard InChI is InChI=1S/C8H9NO5S/c1-9(14-15(12)13)7-5-3-2-4-6(7)8(10)11/h2-5H,1H3,(H,10,11)(H,12,13)/p-1. The highest BCUT2D eigenvalue weighted by molar-refractivity contribution is 7.74. The van der Waals surface area contributed by atoms with Crippen LogP contribution in [0.1, 0.15) is 10.4 Å². The van der Waals surface area contributed by atoms with Crippen LogP contribution in [0, 0.1) is 0 Å². The van der Waals surface area contributed by atoms with E-state index in [1.807, 2.05) is 0 Å². The Labute approximate surface area is 88.5 Å². The third-order valence-electron chi connectivity index (χ3n) is 1.65. The molecule has 0 aliphatic carbocycles. The van der Waals surface area contributed by atoms with Crippen LogP contribution in [0.3, 0.4) is 0 Å². The number of para-hydroxylation sites is 1. The largest absolute Gasteiger partial charge is 0.748 e. The number of carboxylic acid groups (broad SMARTS) is 1. The number of hydrogen-bond acceptors (Lipinski definition) is 5. The monoisotopic (exact) mass is 230 g/mol. The Morgan fingerprint density at radius 3 is 2.67 bits per heavy atom. The van der Waals surface area contributed by atoms with Gasteiger partial charge in [-0.15, -0.1) is 0 Å². The van der Waals surface area contributed by atoms with Crippen molar-refractivity contribution in [2.24, 2.45) is 0 Å². The summed E-state index contributed by atoms with van der Waals surface area (Å²) >= 11 is -2.73. The van der Waals surface area contributed by atoms with Gasteiger partial charge in [-0.25, -0.2) is 14.1 Å². The van der Waals surface area contributed by atoms with Crippen LogP contribution >= 0.6 is 0 Å². The van der Waals surface area contributed by atoms with E-state index >= 15 is 0 Å². The zero-order valence-electron chi connectivity index (χ0n) is 7.75. The molecule has 82 valence electrons. The van der Waals surface area contributed by atoms with Crippen molar-refractivity contribution in [3.63, 3.8) is 0 Å². The third-order valence-corrected chi connectivity index (χ3v) is 1.99. The fourth-order valence-electron chi connectivity index (χ4n) is 1.06. The van der Waals surface area contributed by atoms with Crippen LogP contribution in [0.2, 0.25) is 0 Å². The van der Waals surface area contributed by atoms with Gasteiger partial charge in [0, 0.05) is 7.05 Å². The van der Waals surface area contributed by atoms with Gasteiger partial charge in [-0.2, -0.15) is 4.28 Å². The maximum atomic E-state index is 10.8.